The second kappa shape index (κ2) is 9.27. The summed E-state index contributed by atoms with van der Waals surface area (Å²) in [6.07, 6.45) is 0.202. The van der Waals surface area contributed by atoms with Crippen LogP contribution in [0.3, 0.4) is 0 Å². The molecule has 2 heterocycles. The smallest absolute Gasteiger partial charge is 0.262 e. The summed E-state index contributed by atoms with van der Waals surface area (Å²) in [6.45, 7) is 4.04. The third-order valence-electron chi connectivity index (χ3n) is 6.12. The fourth-order valence-corrected chi connectivity index (χ4v) is 5.00. The lowest BCUT2D eigenvalue weighted by Gasteiger charge is -2.25. The summed E-state index contributed by atoms with van der Waals surface area (Å²) in [6, 6.07) is 21.2. The Morgan fingerprint density at radius 3 is 2.26 bits per heavy atom. The van der Waals surface area contributed by atoms with Gasteiger partial charge in [0.2, 0.25) is 5.91 Å². The van der Waals surface area contributed by atoms with E-state index < -0.39 is 23.8 Å². The van der Waals surface area contributed by atoms with Crippen molar-refractivity contribution in [1.82, 2.24) is 9.88 Å². The summed E-state index contributed by atoms with van der Waals surface area (Å²) in [5.74, 6) is -1.38. The number of amides is 3. The Bertz CT molecular complexity index is 1410. The molecule has 1 unspecified atom stereocenters. The number of thiazole rings is 1. The van der Waals surface area contributed by atoms with Crippen molar-refractivity contribution in [2.75, 3.05) is 5.32 Å². The van der Waals surface area contributed by atoms with Crippen LogP contribution in [0.5, 0.6) is 0 Å². The molecule has 4 aromatic rings. The number of benzene rings is 3. The number of fused-ring (bicyclic) bond motifs is 1. The Labute approximate surface area is 207 Å². The molecule has 0 saturated carbocycles. The summed E-state index contributed by atoms with van der Waals surface area (Å²) in [5.41, 5.74) is 5.46. The summed E-state index contributed by atoms with van der Waals surface area (Å²) < 4.78 is 0. The summed E-state index contributed by atoms with van der Waals surface area (Å²) in [4.78, 5) is 45.5. The number of aryl methyl sites for hydroxylation is 2. The van der Waals surface area contributed by atoms with Crippen LogP contribution >= 0.6 is 11.3 Å². The molecule has 35 heavy (non-hydrogen) atoms. The van der Waals surface area contributed by atoms with Gasteiger partial charge in [0.1, 0.15) is 6.04 Å². The molecule has 1 aliphatic heterocycles. The van der Waals surface area contributed by atoms with Crippen LogP contribution in [0.15, 0.2) is 78.2 Å². The molecular weight excluding hydrogens is 458 g/mol. The van der Waals surface area contributed by atoms with E-state index in [1.807, 2.05) is 61.7 Å². The highest BCUT2D eigenvalue weighted by atomic mass is 32.1. The second-order valence-corrected chi connectivity index (χ2v) is 9.44. The Kier molecular flexibility index (Phi) is 6.01. The first-order valence-corrected chi connectivity index (χ1v) is 12.1. The molecule has 0 fully saturated rings. The molecule has 0 spiro atoms. The van der Waals surface area contributed by atoms with Crippen LogP contribution < -0.4 is 5.32 Å². The van der Waals surface area contributed by atoms with Gasteiger partial charge in [0.05, 0.1) is 16.8 Å². The van der Waals surface area contributed by atoms with E-state index in [1.165, 1.54) is 11.3 Å². The largest absolute Gasteiger partial charge is 0.300 e. The minimum absolute atomic E-state index is 0.202. The number of carbonyl (C=O) groups excluding carboxylic acids is 3. The van der Waals surface area contributed by atoms with E-state index in [9.17, 15) is 14.4 Å². The molecule has 0 bridgehead atoms. The lowest BCUT2D eigenvalue weighted by molar-refractivity contribution is -0.119. The molecule has 1 N–H and O–H groups in total. The maximum absolute atomic E-state index is 13.5. The van der Waals surface area contributed by atoms with Crippen LogP contribution in [0.1, 0.15) is 37.4 Å². The van der Waals surface area contributed by atoms with Gasteiger partial charge in [0.15, 0.2) is 5.13 Å². The molecular formula is C28H23N3O3S. The molecule has 1 aliphatic rings. The number of nitrogens with zero attached hydrogens (tertiary/aromatic N) is 2. The van der Waals surface area contributed by atoms with E-state index in [-0.39, 0.29) is 6.42 Å². The van der Waals surface area contributed by atoms with E-state index in [0.717, 1.165) is 32.8 Å². The molecule has 0 saturated heterocycles. The van der Waals surface area contributed by atoms with Crippen molar-refractivity contribution in [2.24, 2.45) is 0 Å². The molecule has 3 aromatic carbocycles. The van der Waals surface area contributed by atoms with Crippen molar-refractivity contribution in [1.29, 1.82) is 0 Å². The standard InChI is InChI=1S/C28H23N3O3S/c1-17-12-13-18(2)22(14-17)23-16-35-28(29-23)30-25(32)24(15-19-8-4-3-5-9-19)31-26(33)20-10-6-7-11-21(20)27(31)34/h3-14,16,24H,15H2,1-2H3,(H,29,30,32). The van der Waals surface area contributed by atoms with Crippen LogP contribution in [0.25, 0.3) is 11.3 Å². The van der Waals surface area contributed by atoms with Crippen LogP contribution in [-0.2, 0) is 11.2 Å². The first-order valence-electron chi connectivity index (χ1n) is 11.3. The van der Waals surface area contributed by atoms with Gasteiger partial charge in [-0.2, -0.15) is 0 Å². The van der Waals surface area contributed by atoms with E-state index in [0.29, 0.717) is 16.3 Å². The Balaban J connectivity index is 1.44. The van der Waals surface area contributed by atoms with Crippen LogP contribution in [0, 0.1) is 13.8 Å². The first-order chi connectivity index (χ1) is 16.9. The van der Waals surface area contributed by atoms with Gasteiger partial charge in [-0.15, -0.1) is 11.3 Å². The fraction of sp³-hybridized carbons (Fsp3) is 0.143. The predicted octanol–water partition coefficient (Wildman–Crippen LogP) is 5.27. The van der Waals surface area contributed by atoms with Crippen molar-refractivity contribution < 1.29 is 14.4 Å². The van der Waals surface area contributed by atoms with E-state index in [1.54, 1.807) is 24.3 Å². The second-order valence-electron chi connectivity index (χ2n) is 8.58. The van der Waals surface area contributed by atoms with Gasteiger partial charge < -0.3 is 5.32 Å². The number of hydrogen-bond donors (Lipinski definition) is 1. The van der Waals surface area contributed by atoms with Crippen molar-refractivity contribution in [3.05, 3.63) is 106 Å². The topological polar surface area (TPSA) is 79.4 Å². The zero-order valence-corrected chi connectivity index (χ0v) is 20.1. The number of aromatic nitrogens is 1. The normalized spacial score (nSPS) is 13.6. The van der Waals surface area contributed by atoms with Crippen LogP contribution in [0.4, 0.5) is 5.13 Å². The number of nitrogens with one attached hydrogen (secondary N) is 1. The molecule has 1 aromatic heterocycles. The predicted molar refractivity (Wildman–Crippen MR) is 137 cm³/mol. The third-order valence-corrected chi connectivity index (χ3v) is 6.87. The Hall–Kier alpha value is -4.10. The molecule has 1 atom stereocenters. The first kappa shape index (κ1) is 22.7. The number of imide groups is 1. The Morgan fingerprint density at radius 1 is 0.914 bits per heavy atom. The third kappa shape index (κ3) is 4.38. The van der Waals surface area contributed by atoms with Gasteiger partial charge in [-0.05, 0) is 43.2 Å². The highest BCUT2D eigenvalue weighted by Crippen LogP contribution is 2.30. The average Bonchev–Trinajstić information content (AvgIpc) is 3.42. The zero-order chi connectivity index (χ0) is 24.5. The van der Waals surface area contributed by atoms with Gasteiger partial charge in [-0.3, -0.25) is 19.3 Å². The Morgan fingerprint density at radius 2 is 1.57 bits per heavy atom. The molecule has 0 radical (unpaired) electrons. The van der Waals surface area contributed by atoms with Crippen molar-refractivity contribution in [3.8, 4) is 11.3 Å². The minimum atomic E-state index is -1.02. The molecule has 174 valence electrons. The maximum atomic E-state index is 13.5. The van der Waals surface area contributed by atoms with Gasteiger partial charge in [0, 0.05) is 17.4 Å². The highest BCUT2D eigenvalue weighted by Gasteiger charge is 2.42. The molecule has 7 heteroatoms. The van der Waals surface area contributed by atoms with Gasteiger partial charge in [0.25, 0.3) is 11.8 Å². The highest BCUT2D eigenvalue weighted by molar-refractivity contribution is 7.14. The van der Waals surface area contributed by atoms with Gasteiger partial charge in [-0.1, -0.05) is 60.2 Å². The molecule has 5 rings (SSSR count). The monoisotopic (exact) mass is 481 g/mol. The van der Waals surface area contributed by atoms with Gasteiger partial charge >= 0.3 is 0 Å². The van der Waals surface area contributed by atoms with E-state index in [4.69, 9.17) is 0 Å². The lowest BCUT2D eigenvalue weighted by atomic mass is 10.0. The number of hydrogen-bond acceptors (Lipinski definition) is 5. The molecule has 3 amide bonds. The SMILES string of the molecule is Cc1ccc(C)c(-c2csc(NC(=O)C(Cc3ccccc3)N3C(=O)c4ccccc4C3=O)n2)c1. The lowest BCUT2D eigenvalue weighted by Crippen LogP contribution is -2.48. The number of rotatable bonds is 6. The molecule has 0 aliphatic carbocycles. The average molecular weight is 482 g/mol. The zero-order valence-electron chi connectivity index (χ0n) is 19.3. The maximum Gasteiger partial charge on any atom is 0.262 e. The number of carbonyl (C=O) groups is 3. The minimum Gasteiger partial charge on any atom is -0.300 e. The van der Waals surface area contributed by atoms with E-state index >= 15 is 0 Å². The summed E-state index contributed by atoms with van der Waals surface area (Å²) >= 11 is 1.31. The van der Waals surface area contributed by atoms with Crippen molar-refractivity contribution in [2.45, 2.75) is 26.3 Å². The summed E-state index contributed by atoms with van der Waals surface area (Å²) in [7, 11) is 0. The van der Waals surface area contributed by atoms with Crippen LogP contribution in [-0.4, -0.2) is 33.6 Å². The summed E-state index contributed by atoms with van der Waals surface area (Å²) in [5, 5.41) is 5.17. The van der Waals surface area contributed by atoms with Gasteiger partial charge in [-0.25, -0.2) is 4.98 Å². The van der Waals surface area contributed by atoms with E-state index in [2.05, 4.69) is 16.4 Å². The van der Waals surface area contributed by atoms with Crippen LogP contribution in [0.2, 0.25) is 0 Å². The van der Waals surface area contributed by atoms with Crippen molar-refractivity contribution in [3.63, 3.8) is 0 Å². The molecule has 6 nitrogen and oxygen atoms in total. The quantitative estimate of drug-likeness (QED) is 0.381. The van der Waals surface area contributed by atoms with Crippen molar-refractivity contribution >= 4 is 34.2 Å². The number of anilines is 1. The fourth-order valence-electron chi connectivity index (χ4n) is 4.28.